The Morgan fingerprint density at radius 1 is 1.21 bits per heavy atom. The van der Waals surface area contributed by atoms with Crippen molar-refractivity contribution in [1.29, 1.82) is 0 Å². The summed E-state index contributed by atoms with van der Waals surface area (Å²) in [4.78, 5) is 4.04. The highest BCUT2D eigenvalue weighted by atomic mass is 15.2. The molecule has 0 saturated carbocycles. The van der Waals surface area contributed by atoms with E-state index in [0.717, 1.165) is 24.5 Å². The summed E-state index contributed by atoms with van der Waals surface area (Å²) in [6.45, 7) is 0.860. The molecule has 0 bridgehead atoms. The molecule has 1 aromatic carbocycles. The predicted molar refractivity (Wildman–Crippen MR) is 55.0 cm³/mol. The first-order valence-electron chi connectivity index (χ1n) is 4.58. The fourth-order valence-electron chi connectivity index (χ4n) is 1.23. The van der Waals surface area contributed by atoms with Gasteiger partial charge in [-0.05, 0) is 12.1 Å². The number of anilines is 1. The normalized spacial score (nSPS) is 10.0. The van der Waals surface area contributed by atoms with Gasteiger partial charge in [-0.2, -0.15) is 5.10 Å². The van der Waals surface area contributed by atoms with Crippen LogP contribution in [0.2, 0.25) is 0 Å². The summed E-state index contributed by atoms with van der Waals surface area (Å²) < 4.78 is 0. The topological polar surface area (TPSA) is 53.6 Å². The molecule has 1 heterocycles. The third kappa shape index (κ3) is 2.32. The Hall–Kier alpha value is -1.84. The second kappa shape index (κ2) is 4.41. The van der Waals surface area contributed by atoms with Crippen molar-refractivity contribution >= 4 is 5.69 Å². The molecule has 2 aromatic rings. The highest BCUT2D eigenvalue weighted by Gasteiger charge is 1.94. The molecule has 72 valence electrons. The number of aromatic nitrogens is 3. The number of hydrogen-bond acceptors (Lipinski definition) is 3. The zero-order valence-corrected chi connectivity index (χ0v) is 7.77. The second-order valence-corrected chi connectivity index (χ2v) is 2.97. The van der Waals surface area contributed by atoms with Crippen LogP contribution in [0.1, 0.15) is 5.82 Å². The molecule has 0 radical (unpaired) electrons. The largest absolute Gasteiger partial charge is 0.385 e. The molecule has 0 spiro atoms. The van der Waals surface area contributed by atoms with Crippen LogP contribution < -0.4 is 5.32 Å². The van der Waals surface area contributed by atoms with Crippen molar-refractivity contribution in [1.82, 2.24) is 15.2 Å². The van der Waals surface area contributed by atoms with Gasteiger partial charge in [0.1, 0.15) is 12.2 Å². The molecule has 14 heavy (non-hydrogen) atoms. The van der Waals surface area contributed by atoms with Crippen molar-refractivity contribution in [3.05, 3.63) is 42.5 Å². The van der Waals surface area contributed by atoms with Crippen LogP contribution in [0.4, 0.5) is 5.69 Å². The van der Waals surface area contributed by atoms with Crippen LogP contribution in [0.25, 0.3) is 0 Å². The van der Waals surface area contributed by atoms with Crippen molar-refractivity contribution in [3.63, 3.8) is 0 Å². The lowest BCUT2D eigenvalue weighted by Crippen LogP contribution is -2.05. The molecule has 4 heteroatoms. The third-order valence-corrected chi connectivity index (χ3v) is 1.93. The summed E-state index contributed by atoms with van der Waals surface area (Å²) in [6, 6.07) is 10.1. The Kier molecular flexibility index (Phi) is 2.76. The zero-order chi connectivity index (χ0) is 9.64. The molecule has 0 unspecified atom stereocenters. The van der Waals surface area contributed by atoms with E-state index in [2.05, 4.69) is 20.5 Å². The van der Waals surface area contributed by atoms with Crippen molar-refractivity contribution in [2.75, 3.05) is 11.9 Å². The van der Waals surface area contributed by atoms with Gasteiger partial charge in [0.25, 0.3) is 0 Å². The van der Waals surface area contributed by atoms with Crippen LogP contribution >= 0.6 is 0 Å². The second-order valence-electron chi connectivity index (χ2n) is 2.97. The highest BCUT2D eigenvalue weighted by molar-refractivity contribution is 5.42. The van der Waals surface area contributed by atoms with Gasteiger partial charge in [-0.1, -0.05) is 18.2 Å². The lowest BCUT2D eigenvalue weighted by Gasteiger charge is -2.03. The first kappa shape index (κ1) is 8.74. The number of nitrogens with zero attached hydrogens (tertiary/aromatic N) is 2. The maximum atomic E-state index is 4.04. The van der Waals surface area contributed by atoms with Crippen LogP contribution in [-0.2, 0) is 6.42 Å². The minimum atomic E-state index is 0.856. The average molecular weight is 188 g/mol. The number of benzene rings is 1. The van der Waals surface area contributed by atoms with Gasteiger partial charge in [0.05, 0.1) is 0 Å². The maximum absolute atomic E-state index is 4.04. The van der Waals surface area contributed by atoms with Gasteiger partial charge in [0.15, 0.2) is 0 Å². The lowest BCUT2D eigenvalue weighted by molar-refractivity contribution is 0.901. The summed E-state index contributed by atoms with van der Waals surface area (Å²) in [5, 5.41) is 9.90. The molecule has 0 amide bonds. The number of hydrogen-bond donors (Lipinski definition) is 2. The molecule has 4 nitrogen and oxygen atoms in total. The molecule has 2 N–H and O–H groups in total. The molecule has 0 aliphatic rings. The molecule has 2 rings (SSSR count). The van der Waals surface area contributed by atoms with E-state index in [1.165, 1.54) is 6.33 Å². The van der Waals surface area contributed by atoms with Gasteiger partial charge in [-0.25, -0.2) is 4.98 Å². The maximum Gasteiger partial charge on any atom is 0.137 e. The van der Waals surface area contributed by atoms with Crippen molar-refractivity contribution in [2.45, 2.75) is 6.42 Å². The van der Waals surface area contributed by atoms with Gasteiger partial charge >= 0.3 is 0 Å². The lowest BCUT2D eigenvalue weighted by atomic mass is 10.3. The predicted octanol–water partition coefficient (Wildman–Crippen LogP) is 1.46. The average Bonchev–Trinajstić information content (AvgIpc) is 2.72. The quantitative estimate of drug-likeness (QED) is 0.763. The smallest absolute Gasteiger partial charge is 0.137 e. The number of rotatable bonds is 4. The minimum Gasteiger partial charge on any atom is -0.385 e. The van der Waals surface area contributed by atoms with E-state index in [9.17, 15) is 0 Å². The summed E-state index contributed by atoms with van der Waals surface area (Å²) in [6.07, 6.45) is 2.38. The Morgan fingerprint density at radius 2 is 2.07 bits per heavy atom. The van der Waals surface area contributed by atoms with E-state index in [1.807, 2.05) is 30.3 Å². The summed E-state index contributed by atoms with van der Waals surface area (Å²) >= 11 is 0. The Labute approximate surface area is 82.4 Å². The number of nitrogens with one attached hydrogen (secondary N) is 2. The van der Waals surface area contributed by atoms with Crippen LogP contribution in [0.3, 0.4) is 0 Å². The number of para-hydroxylation sites is 1. The summed E-state index contributed by atoms with van der Waals surface area (Å²) in [5.74, 6) is 0.911. The SMILES string of the molecule is c1ccc(NCCc2ncn[nH]2)cc1. The fourth-order valence-corrected chi connectivity index (χ4v) is 1.23. The minimum absolute atomic E-state index is 0.856. The first-order chi connectivity index (χ1) is 6.95. The molecule has 0 saturated heterocycles. The Balaban J connectivity index is 1.79. The Morgan fingerprint density at radius 3 is 2.79 bits per heavy atom. The molecular formula is C10H12N4. The highest BCUT2D eigenvalue weighted by Crippen LogP contribution is 2.04. The zero-order valence-electron chi connectivity index (χ0n) is 7.77. The monoisotopic (exact) mass is 188 g/mol. The van der Waals surface area contributed by atoms with Gasteiger partial charge in [-0.3, -0.25) is 5.10 Å². The molecular weight excluding hydrogens is 176 g/mol. The number of H-pyrrole nitrogens is 1. The van der Waals surface area contributed by atoms with E-state index in [4.69, 9.17) is 0 Å². The van der Waals surface area contributed by atoms with Crippen LogP contribution in [0.15, 0.2) is 36.7 Å². The van der Waals surface area contributed by atoms with E-state index < -0.39 is 0 Å². The summed E-state index contributed by atoms with van der Waals surface area (Å²) in [7, 11) is 0. The summed E-state index contributed by atoms with van der Waals surface area (Å²) in [5.41, 5.74) is 1.13. The fraction of sp³-hybridized carbons (Fsp3) is 0.200. The van der Waals surface area contributed by atoms with Gasteiger partial charge in [-0.15, -0.1) is 0 Å². The molecule has 0 aliphatic carbocycles. The first-order valence-corrected chi connectivity index (χ1v) is 4.58. The molecule has 1 aromatic heterocycles. The van der Waals surface area contributed by atoms with Gasteiger partial charge < -0.3 is 5.32 Å². The van der Waals surface area contributed by atoms with E-state index in [-0.39, 0.29) is 0 Å². The van der Waals surface area contributed by atoms with Gasteiger partial charge in [0.2, 0.25) is 0 Å². The van der Waals surface area contributed by atoms with Crippen molar-refractivity contribution < 1.29 is 0 Å². The van der Waals surface area contributed by atoms with Crippen LogP contribution in [-0.4, -0.2) is 21.7 Å². The van der Waals surface area contributed by atoms with E-state index >= 15 is 0 Å². The third-order valence-electron chi connectivity index (χ3n) is 1.93. The Bertz CT molecular complexity index is 355. The molecule has 0 fully saturated rings. The van der Waals surface area contributed by atoms with Crippen LogP contribution in [0.5, 0.6) is 0 Å². The van der Waals surface area contributed by atoms with Crippen molar-refractivity contribution in [2.24, 2.45) is 0 Å². The molecule has 0 aliphatic heterocycles. The standard InChI is InChI=1S/C10H12N4/c1-2-4-9(5-3-1)11-7-6-10-12-8-13-14-10/h1-5,8,11H,6-7H2,(H,12,13,14). The van der Waals surface area contributed by atoms with E-state index in [1.54, 1.807) is 0 Å². The van der Waals surface area contributed by atoms with Crippen molar-refractivity contribution in [3.8, 4) is 0 Å². The van der Waals surface area contributed by atoms with Gasteiger partial charge in [0, 0.05) is 18.7 Å². The van der Waals surface area contributed by atoms with Crippen LogP contribution in [0, 0.1) is 0 Å². The van der Waals surface area contributed by atoms with E-state index in [0.29, 0.717) is 0 Å². The molecule has 0 atom stereocenters. The number of aromatic amines is 1.